The highest BCUT2D eigenvalue weighted by molar-refractivity contribution is 7.11. The van der Waals surface area contributed by atoms with E-state index in [-0.39, 0.29) is 6.04 Å². The van der Waals surface area contributed by atoms with Crippen molar-refractivity contribution in [3.05, 3.63) is 50.5 Å². The molecule has 0 saturated carbocycles. The average Bonchev–Trinajstić information content (AvgIpc) is 2.89. The average molecular weight is 272 g/mol. The van der Waals surface area contributed by atoms with Gasteiger partial charge in [0.05, 0.1) is 10.7 Å². The van der Waals surface area contributed by atoms with E-state index < -0.39 is 0 Å². The largest absolute Gasteiger partial charge is 0.324 e. The van der Waals surface area contributed by atoms with Gasteiger partial charge >= 0.3 is 0 Å². The number of benzene rings is 1. The Bertz CT molecular complexity index is 579. The van der Waals surface area contributed by atoms with Crippen molar-refractivity contribution in [1.29, 1.82) is 0 Å². The van der Waals surface area contributed by atoms with E-state index in [1.165, 1.54) is 45.1 Å². The summed E-state index contributed by atoms with van der Waals surface area (Å²) in [7, 11) is 0. The Morgan fingerprint density at radius 3 is 2.89 bits per heavy atom. The van der Waals surface area contributed by atoms with Crippen LogP contribution in [0.1, 0.15) is 44.7 Å². The molecular formula is C16H20N2S. The van der Waals surface area contributed by atoms with Crippen LogP contribution in [0.4, 0.5) is 0 Å². The standard InChI is InChI=1S/C16H20N2S/c1-10-6-7-12(11(2)8-10)13(17)9-16-18-14-4-3-5-15(14)19-16/h6-8,13H,3-5,9,17H2,1-2H3. The SMILES string of the molecule is Cc1ccc(C(N)Cc2nc3c(s2)CCC3)c(C)c1. The zero-order valence-electron chi connectivity index (χ0n) is 11.6. The summed E-state index contributed by atoms with van der Waals surface area (Å²) in [5.41, 5.74) is 11.5. The molecule has 19 heavy (non-hydrogen) atoms. The van der Waals surface area contributed by atoms with Crippen LogP contribution in [-0.2, 0) is 19.3 Å². The van der Waals surface area contributed by atoms with Crippen molar-refractivity contribution in [2.45, 2.75) is 45.6 Å². The summed E-state index contributed by atoms with van der Waals surface area (Å²) in [5.74, 6) is 0. The van der Waals surface area contributed by atoms with Crippen molar-refractivity contribution in [3.63, 3.8) is 0 Å². The normalized spacial score (nSPS) is 15.5. The van der Waals surface area contributed by atoms with Crippen LogP contribution >= 0.6 is 11.3 Å². The molecule has 1 atom stereocenters. The molecule has 100 valence electrons. The number of hydrogen-bond donors (Lipinski definition) is 1. The summed E-state index contributed by atoms with van der Waals surface area (Å²) >= 11 is 1.86. The monoisotopic (exact) mass is 272 g/mol. The molecule has 0 bridgehead atoms. The maximum atomic E-state index is 6.36. The molecule has 0 saturated heterocycles. The second-order valence-electron chi connectivity index (χ2n) is 5.50. The van der Waals surface area contributed by atoms with Gasteiger partial charge in [-0.05, 0) is 44.2 Å². The number of nitrogens with zero attached hydrogens (tertiary/aromatic N) is 1. The van der Waals surface area contributed by atoms with Gasteiger partial charge < -0.3 is 5.73 Å². The van der Waals surface area contributed by atoms with Gasteiger partial charge in [-0.15, -0.1) is 11.3 Å². The Labute approximate surface area is 118 Å². The van der Waals surface area contributed by atoms with Crippen LogP contribution in [-0.4, -0.2) is 4.98 Å². The lowest BCUT2D eigenvalue weighted by Gasteiger charge is -2.14. The molecule has 0 fully saturated rings. The first-order chi connectivity index (χ1) is 9.13. The highest BCUT2D eigenvalue weighted by Gasteiger charge is 2.18. The highest BCUT2D eigenvalue weighted by Crippen LogP contribution is 2.30. The van der Waals surface area contributed by atoms with Gasteiger partial charge in [0, 0.05) is 17.3 Å². The van der Waals surface area contributed by atoms with Gasteiger partial charge in [0.15, 0.2) is 0 Å². The predicted octanol–water partition coefficient (Wildman–Crippen LogP) is 3.49. The lowest BCUT2D eigenvalue weighted by Crippen LogP contribution is -2.14. The molecule has 0 radical (unpaired) electrons. The molecule has 0 amide bonds. The second kappa shape index (κ2) is 5.06. The number of aryl methyl sites for hydroxylation is 4. The molecule has 2 nitrogen and oxygen atoms in total. The topological polar surface area (TPSA) is 38.9 Å². The van der Waals surface area contributed by atoms with E-state index in [2.05, 4.69) is 32.0 Å². The van der Waals surface area contributed by atoms with E-state index in [0.717, 1.165) is 12.8 Å². The van der Waals surface area contributed by atoms with Crippen LogP contribution < -0.4 is 5.73 Å². The van der Waals surface area contributed by atoms with Gasteiger partial charge in [0.1, 0.15) is 0 Å². The zero-order chi connectivity index (χ0) is 13.4. The van der Waals surface area contributed by atoms with Crippen LogP contribution in [0.2, 0.25) is 0 Å². The lowest BCUT2D eigenvalue weighted by atomic mass is 9.98. The highest BCUT2D eigenvalue weighted by atomic mass is 32.1. The molecule has 2 N–H and O–H groups in total. The van der Waals surface area contributed by atoms with Crippen molar-refractivity contribution < 1.29 is 0 Å². The molecule has 1 aromatic heterocycles. The fourth-order valence-electron chi connectivity index (χ4n) is 2.87. The number of fused-ring (bicyclic) bond motifs is 1. The Morgan fingerprint density at radius 2 is 2.16 bits per heavy atom. The third-order valence-corrected chi connectivity index (χ3v) is 5.04. The summed E-state index contributed by atoms with van der Waals surface area (Å²) in [6, 6.07) is 6.57. The van der Waals surface area contributed by atoms with Gasteiger partial charge in [-0.25, -0.2) is 4.98 Å². The zero-order valence-corrected chi connectivity index (χ0v) is 12.4. The van der Waals surface area contributed by atoms with Gasteiger partial charge in [0.25, 0.3) is 0 Å². The van der Waals surface area contributed by atoms with Crippen LogP contribution in [0.25, 0.3) is 0 Å². The summed E-state index contributed by atoms with van der Waals surface area (Å²) in [5, 5.41) is 1.21. The Kier molecular flexibility index (Phi) is 3.42. The number of nitrogens with two attached hydrogens (primary N) is 1. The summed E-state index contributed by atoms with van der Waals surface area (Å²) < 4.78 is 0. The smallest absolute Gasteiger partial charge is 0.0950 e. The molecule has 1 aliphatic carbocycles. The number of aromatic nitrogens is 1. The minimum atomic E-state index is 0.0619. The molecule has 1 aromatic carbocycles. The molecule has 1 heterocycles. The van der Waals surface area contributed by atoms with Crippen molar-refractivity contribution in [1.82, 2.24) is 4.98 Å². The maximum absolute atomic E-state index is 6.36. The molecule has 3 heteroatoms. The molecule has 3 rings (SSSR count). The third-order valence-electron chi connectivity index (χ3n) is 3.86. The lowest BCUT2D eigenvalue weighted by molar-refractivity contribution is 0.709. The maximum Gasteiger partial charge on any atom is 0.0950 e. The molecular weight excluding hydrogens is 252 g/mol. The van der Waals surface area contributed by atoms with Crippen molar-refractivity contribution in [3.8, 4) is 0 Å². The molecule has 1 unspecified atom stereocenters. The summed E-state index contributed by atoms with van der Waals surface area (Å²) in [6.07, 6.45) is 4.51. The molecule has 1 aliphatic rings. The van der Waals surface area contributed by atoms with Crippen LogP contribution in [0, 0.1) is 13.8 Å². The third kappa shape index (κ3) is 2.58. The first-order valence-corrected chi connectivity index (χ1v) is 7.75. The van der Waals surface area contributed by atoms with Crippen LogP contribution in [0.15, 0.2) is 18.2 Å². The number of thiazole rings is 1. The Balaban J connectivity index is 1.78. The number of rotatable bonds is 3. The van der Waals surface area contributed by atoms with Crippen LogP contribution in [0.3, 0.4) is 0 Å². The van der Waals surface area contributed by atoms with Crippen molar-refractivity contribution in [2.24, 2.45) is 5.73 Å². The Hall–Kier alpha value is -1.19. The summed E-state index contributed by atoms with van der Waals surface area (Å²) in [4.78, 5) is 6.23. The van der Waals surface area contributed by atoms with Gasteiger partial charge in [-0.1, -0.05) is 23.8 Å². The van der Waals surface area contributed by atoms with E-state index >= 15 is 0 Å². The van der Waals surface area contributed by atoms with E-state index in [1.54, 1.807) is 0 Å². The molecule has 2 aromatic rings. The van der Waals surface area contributed by atoms with Gasteiger partial charge in [-0.3, -0.25) is 0 Å². The minimum absolute atomic E-state index is 0.0619. The fraction of sp³-hybridized carbons (Fsp3) is 0.438. The first-order valence-electron chi connectivity index (χ1n) is 6.93. The van der Waals surface area contributed by atoms with E-state index in [0.29, 0.717) is 0 Å². The van der Waals surface area contributed by atoms with Crippen LogP contribution in [0.5, 0.6) is 0 Å². The first kappa shape index (κ1) is 12.8. The van der Waals surface area contributed by atoms with E-state index in [4.69, 9.17) is 10.7 Å². The van der Waals surface area contributed by atoms with Gasteiger partial charge in [0.2, 0.25) is 0 Å². The fourth-order valence-corrected chi connectivity index (χ4v) is 4.09. The minimum Gasteiger partial charge on any atom is -0.324 e. The second-order valence-corrected chi connectivity index (χ2v) is 6.67. The number of hydrogen-bond acceptors (Lipinski definition) is 3. The summed E-state index contributed by atoms with van der Waals surface area (Å²) in [6.45, 7) is 4.26. The van der Waals surface area contributed by atoms with E-state index in [9.17, 15) is 0 Å². The Morgan fingerprint density at radius 1 is 1.32 bits per heavy atom. The van der Waals surface area contributed by atoms with Gasteiger partial charge in [-0.2, -0.15) is 0 Å². The molecule has 0 spiro atoms. The quantitative estimate of drug-likeness (QED) is 0.929. The van der Waals surface area contributed by atoms with Crippen molar-refractivity contribution >= 4 is 11.3 Å². The predicted molar refractivity (Wildman–Crippen MR) is 80.7 cm³/mol. The van der Waals surface area contributed by atoms with Crippen molar-refractivity contribution in [2.75, 3.05) is 0 Å². The molecule has 0 aliphatic heterocycles. The van der Waals surface area contributed by atoms with E-state index in [1.807, 2.05) is 11.3 Å².